The van der Waals surface area contributed by atoms with Crippen molar-refractivity contribution in [3.63, 3.8) is 0 Å². The Hall–Kier alpha value is -0.710. The number of rotatable bonds is 3. The van der Waals surface area contributed by atoms with E-state index in [-0.39, 0.29) is 0 Å². The van der Waals surface area contributed by atoms with Gasteiger partial charge >= 0.3 is 0 Å². The van der Waals surface area contributed by atoms with E-state index in [1.807, 2.05) is 25.3 Å². The molecule has 0 amide bonds. The highest BCUT2D eigenvalue weighted by atomic mass is 79.9. The van der Waals surface area contributed by atoms with Crippen molar-refractivity contribution in [1.29, 1.82) is 0 Å². The van der Waals surface area contributed by atoms with Crippen molar-refractivity contribution >= 4 is 27.3 Å². The van der Waals surface area contributed by atoms with E-state index in [0.717, 1.165) is 26.2 Å². The number of nitrogens with zero attached hydrogens (tertiary/aromatic N) is 1. The van der Waals surface area contributed by atoms with E-state index in [1.165, 1.54) is 0 Å². The smallest absolute Gasteiger partial charge is 0.101 e. The van der Waals surface area contributed by atoms with Crippen molar-refractivity contribution in [3.05, 3.63) is 49.9 Å². The zero-order chi connectivity index (χ0) is 12.4. The zero-order valence-electron chi connectivity index (χ0n) is 9.77. The van der Waals surface area contributed by atoms with Gasteiger partial charge < -0.3 is 5.11 Å². The van der Waals surface area contributed by atoms with Crippen LogP contribution in [0, 0.1) is 13.8 Å². The molecular formula is C13H14BrNOS. The molecule has 0 aliphatic heterocycles. The predicted molar refractivity (Wildman–Crippen MR) is 74.4 cm³/mol. The SMILES string of the molecule is Cc1cnc(C(O)Cc2sccc2Br)c(C)c1. The van der Waals surface area contributed by atoms with Crippen molar-refractivity contribution in [2.24, 2.45) is 0 Å². The number of aromatic nitrogens is 1. The van der Waals surface area contributed by atoms with E-state index in [4.69, 9.17) is 0 Å². The Balaban J connectivity index is 2.20. The van der Waals surface area contributed by atoms with Crippen molar-refractivity contribution in [3.8, 4) is 0 Å². The number of aliphatic hydroxyl groups is 1. The molecular weight excluding hydrogens is 298 g/mol. The maximum absolute atomic E-state index is 10.2. The van der Waals surface area contributed by atoms with Crippen LogP contribution in [0.15, 0.2) is 28.2 Å². The number of halogens is 1. The molecule has 2 aromatic heterocycles. The molecule has 1 atom stereocenters. The fraction of sp³-hybridized carbons (Fsp3) is 0.308. The van der Waals surface area contributed by atoms with Crippen LogP contribution in [0.1, 0.15) is 27.8 Å². The van der Waals surface area contributed by atoms with Crippen molar-refractivity contribution in [2.75, 3.05) is 0 Å². The summed E-state index contributed by atoms with van der Waals surface area (Å²) in [5.74, 6) is 0. The van der Waals surface area contributed by atoms with Crippen LogP contribution >= 0.6 is 27.3 Å². The number of hydrogen-bond acceptors (Lipinski definition) is 3. The molecule has 0 radical (unpaired) electrons. The Morgan fingerprint density at radius 2 is 2.24 bits per heavy atom. The number of thiophene rings is 1. The molecule has 0 aromatic carbocycles. The molecule has 2 heterocycles. The van der Waals surface area contributed by atoms with E-state index in [1.54, 1.807) is 17.5 Å². The summed E-state index contributed by atoms with van der Waals surface area (Å²) in [6.07, 6.45) is 1.87. The van der Waals surface area contributed by atoms with Crippen molar-refractivity contribution in [1.82, 2.24) is 4.98 Å². The zero-order valence-corrected chi connectivity index (χ0v) is 12.2. The van der Waals surface area contributed by atoms with E-state index >= 15 is 0 Å². The minimum absolute atomic E-state index is 0.537. The topological polar surface area (TPSA) is 33.1 Å². The lowest BCUT2D eigenvalue weighted by molar-refractivity contribution is 0.173. The second-order valence-corrected chi connectivity index (χ2v) is 5.98. The largest absolute Gasteiger partial charge is 0.386 e. The van der Waals surface area contributed by atoms with Gasteiger partial charge in [0.05, 0.1) is 5.69 Å². The van der Waals surface area contributed by atoms with Gasteiger partial charge in [-0.25, -0.2) is 0 Å². The summed E-state index contributed by atoms with van der Waals surface area (Å²) in [6.45, 7) is 3.99. The van der Waals surface area contributed by atoms with Gasteiger partial charge in [-0.05, 0) is 52.4 Å². The molecule has 0 aliphatic rings. The first-order chi connectivity index (χ1) is 8.08. The average molecular weight is 312 g/mol. The summed E-state index contributed by atoms with van der Waals surface area (Å²) in [5.41, 5.74) is 2.94. The van der Waals surface area contributed by atoms with Gasteiger partial charge in [-0.15, -0.1) is 11.3 Å². The van der Waals surface area contributed by atoms with E-state index in [0.29, 0.717) is 6.42 Å². The first-order valence-corrected chi connectivity index (χ1v) is 7.08. The van der Waals surface area contributed by atoms with E-state index in [2.05, 4.69) is 27.0 Å². The van der Waals surface area contributed by atoms with Crippen LogP contribution in [0.2, 0.25) is 0 Å². The second-order valence-electron chi connectivity index (χ2n) is 4.13. The maximum atomic E-state index is 10.2. The normalized spacial score (nSPS) is 12.7. The van der Waals surface area contributed by atoms with Crippen LogP contribution in [0.25, 0.3) is 0 Å². The fourth-order valence-corrected chi connectivity index (χ4v) is 3.37. The number of hydrogen-bond donors (Lipinski definition) is 1. The summed E-state index contributed by atoms with van der Waals surface area (Å²) in [4.78, 5) is 5.48. The molecule has 0 spiro atoms. The third kappa shape index (κ3) is 2.94. The van der Waals surface area contributed by atoms with Gasteiger partial charge in [0.2, 0.25) is 0 Å². The Bertz CT molecular complexity index is 524. The molecule has 2 nitrogen and oxygen atoms in total. The first kappa shape index (κ1) is 12.7. The molecule has 0 aliphatic carbocycles. The number of aliphatic hydroxyl groups excluding tert-OH is 1. The molecule has 0 fully saturated rings. The van der Waals surface area contributed by atoms with Crippen molar-refractivity contribution < 1.29 is 5.11 Å². The highest BCUT2D eigenvalue weighted by Gasteiger charge is 2.15. The van der Waals surface area contributed by atoms with Gasteiger partial charge in [0.1, 0.15) is 6.10 Å². The molecule has 1 unspecified atom stereocenters. The molecule has 4 heteroatoms. The van der Waals surface area contributed by atoms with Crippen molar-refractivity contribution in [2.45, 2.75) is 26.4 Å². The lowest BCUT2D eigenvalue weighted by atomic mass is 10.1. The highest BCUT2D eigenvalue weighted by molar-refractivity contribution is 9.10. The number of pyridine rings is 1. The van der Waals surface area contributed by atoms with E-state index in [9.17, 15) is 5.11 Å². The Labute approximate surface area is 113 Å². The molecule has 90 valence electrons. The quantitative estimate of drug-likeness (QED) is 0.935. The summed E-state index contributed by atoms with van der Waals surface area (Å²) in [6, 6.07) is 4.05. The molecule has 2 rings (SSSR count). The standard InChI is InChI=1S/C13H14BrNOS/c1-8-5-9(2)13(15-7-8)11(16)6-12-10(14)3-4-17-12/h3-5,7,11,16H,6H2,1-2H3. The van der Waals surface area contributed by atoms with Crippen LogP contribution in [-0.4, -0.2) is 10.1 Å². The second kappa shape index (κ2) is 5.29. The summed E-state index contributed by atoms with van der Waals surface area (Å²) in [7, 11) is 0. The van der Waals surface area contributed by atoms with Gasteiger partial charge in [-0.2, -0.15) is 0 Å². The van der Waals surface area contributed by atoms with Gasteiger partial charge in [0.25, 0.3) is 0 Å². The molecule has 0 saturated carbocycles. The average Bonchev–Trinajstić information content (AvgIpc) is 2.64. The molecule has 0 bridgehead atoms. The number of aryl methyl sites for hydroxylation is 2. The lowest BCUT2D eigenvalue weighted by Gasteiger charge is -2.12. The van der Waals surface area contributed by atoms with Gasteiger partial charge in [-0.1, -0.05) is 6.07 Å². The Morgan fingerprint density at radius 1 is 1.47 bits per heavy atom. The van der Waals surface area contributed by atoms with Crippen LogP contribution in [0.5, 0.6) is 0 Å². The summed E-state index contributed by atoms with van der Waals surface area (Å²) < 4.78 is 1.06. The lowest BCUT2D eigenvalue weighted by Crippen LogP contribution is -2.06. The Kier molecular flexibility index (Phi) is 3.97. The van der Waals surface area contributed by atoms with Gasteiger partial charge in [-0.3, -0.25) is 4.98 Å². The third-order valence-corrected chi connectivity index (χ3v) is 4.59. The van der Waals surface area contributed by atoms with Crippen LogP contribution in [0.3, 0.4) is 0 Å². The minimum Gasteiger partial charge on any atom is -0.386 e. The van der Waals surface area contributed by atoms with Crippen LogP contribution in [-0.2, 0) is 6.42 Å². The first-order valence-electron chi connectivity index (χ1n) is 5.41. The fourth-order valence-electron chi connectivity index (χ4n) is 1.82. The monoisotopic (exact) mass is 311 g/mol. The highest BCUT2D eigenvalue weighted by Crippen LogP contribution is 2.28. The molecule has 17 heavy (non-hydrogen) atoms. The minimum atomic E-state index is -0.537. The molecule has 1 N–H and O–H groups in total. The van der Waals surface area contributed by atoms with Crippen LogP contribution in [0.4, 0.5) is 0 Å². The maximum Gasteiger partial charge on any atom is 0.101 e. The third-order valence-electron chi connectivity index (χ3n) is 2.64. The summed E-state index contributed by atoms with van der Waals surface area (Å²) in [5, 5.41) is 12.2. The Morgan fingerprint density at radius 3 is 2.82 bits per heavy atom. The molecule has 0 saturated heterocycles. The van der Waals surface area contributed by atoms with E-state index < -0.39 is 6.10 Å². The predicted octanol–water partition coefficient (Wildman–Crippen LogP) is 3.80. The molecule has 2 aromatic rings. The van der Waals surface area contributed by atoms with Gasteiger partial charge in [0.15, 0.2) is 0 Å². The summed E-state index contributed by atoms with van der Waals surface area (Å²) >= 11 is 5.12. The van der Waals surface area contributed by atoms with Crippen LogP contribution < -0.4 is 0 Å². The van der Waals surface area contributed by atoms with Gasteiger partial charge in [0, 0.05) is 22.0 Å².